The Hall–Kier alpha value is -0.810. The molecule has 5 heteroatoms. The molecule has 0 spiro atoms. The minimum absolute atomic E-state index is 0.205. The number of piperazine rings is 1. The summed E-state index contributed by atoms with van der Waals surface area (Å²) < 4.78 is 5.31. The van der Waals surface area contributed by atoms with Crippen LogP contribution in [0.15, 0.2) is 0 Å². The van der Waals surface area contributed by atoms with E-state index >= 15 is 0 Å². The molecular formula is C11H22N2O3. The molecule has 0 unspecified atom stereocenters. The van der Waals surface area contributed by atoms with E-state index in [2.05, 4.69) is 5.32 Å². The highest BCUT2D eigenvalue weighted by Gasteiger charge is 2.32. The Bertz CT molecular complexity index is 248. The molecule has 0 radical (unpaired) electrons. The molecule has 1 aliphatic rings. The van der Waals surface area contributed by atoms with E-state index in [0.29, 0.717) is 13.1 Å². The first-order chi connectivity index (χ1) is 7.31. The number of amides is 1. The molecule has 1 fully saturated rings. The maximum Gasteiger partial charge on any atom is 0.410 e. The van der Waals surface area contributed by atoms with Crippen molar-refractivity contribution in [3.63, 3.8) is 0 Å². The molecule has 0 aromatic carbocycles. The van der Waals surface area contributed by atoms with Crippen molar-refractivity contribution in [1.29, 1.82) is 0 Å². The third kappa shape index (κ3) is 3.64. The lowest BCUT2D eigenvalue weighted by molar-refractivity contribution is -0.00867. The predicted molar refractivity (Wildman–Crippen MR) is 61.3 cm³/mol. The van der Waals surface area contributed by atoms with E-state index in [1.807, 2.05) is 20.8 Å². The van der Waals surface area contributed by atoms with Crippen molar-refractivity contribution in [1.82, 2.24) is 10.2 Å². The van der Waals surface area contributed by atoms with Gasteiger partial charge in [-0.25, -0.2) is 4.79 Å². The fraction of sp³-hybridized carbons (Fsp3) is 0.909. The van der Waals surface area contributed by atoms with Crippen LogP contribution >= 0.6 is 0 Å². The topological polar surface area (TPSA) is 61.8 Å². The van der Waals surface area contributed by atoms with E-state index < -0.39 is 11.7 Å². The third-order valence-electron chi connectivity index (χ3n) is 2.47. The van der Waals surface area contributed by atoms with Gasteiger partial charge in [-0.3, -0.25) is 0 Å². The van der Waals surface area contributed by atoms with Crippen LogP contribution in [0.2, 0.25) is 0 Å². The van der Waals surface area contributed by atoms with Gasteiger partial charge in [0, 0.05) is 19.6 Å². The fourth-order valence-electron chi connectivity index (χ4n) is 1.70. The van der Waals surface area contributed by atoms with Crippen LogP contribution < -0.4 is 5.32 Å². The Balaban J connectivity index is 2.64. The number of carbonyl (C=O) groups excluding carboxylic acids is 1. The molecule has 5 nitrogen and oxygen atoms in total. The molecule has 1 aliphatic heterocycles. The van der Waals surface area contributed by atoms with Crippen molar-refractivity contribution in [3.8, 4) is 0 Å². The maximum atomic E-state index is 11.9. The average Bonchev–Trinajstić information content (AvgIpc) is 2.15. The molecular weight excluding hydrogens is 208 g/mol. The van der Waals surface area contributed by atoms with Crippen molar-refractivity contribution in [2.24, 2.45) is 0 Å². The summed E-state index contributed by atoms with van der Waals surface area (Å²) >= 11 is 0. The molecule has 0 saturated carbocycles. The highest BCUT2D eigenvalue weighted by Crippen LogP contribution is 2.14. The Kier molecular flexibility index (Phi) is 4.15. The zero-order chi connectivity index (χ0) is 12.3. The van der Waals surface area contributed by atoms with Crippen molar-refractivity contribution >= 4 is 6.09 Å². The van der Waals surface area contributed by atoms with Crippen molar-refractivity contribution in [3.05, 3.63) is 0 Å². The van der Waals surface area contributed by atoms with Gasteiger partial charge in [-0.1, -0.05) is 0 Å². The van der Waals surface area contributed by atoms with Gasteiger partial charge in [0.1, 0.15) is 5.60 Å². The van der Waals surface area contributed by atoms with Crippen LogP contribution in [0.5, 0.6) is 0 Å². The lowest BCUT2D eigenvalue weighted by atomic mass is 10.1. The minimum atomic E-state index is -0.555. The molecule has 0 bridgehead atoms. The number of nitrogens with zero attached hydrogens (tertiary/aromatic N) is 1. The largest absolute Gasteiger partial charge is 0.444 e. The normalized spacial score (nSPS) is 24.1. The standard InChI is InChI=1S/C11H22N2O3/c1-8(14)9-7-12-5-6-13(9)10(15)16-11(2,3)4/h8-9,12,14H,5-7H2,1-4H3/t8-,9+/m0/s1. The minimum Gasteiger partial charge on any atom is -0.444 e. The summed E-state index contributed by atoms with van der Waals surface area (Å²) in [5.41, 5.74) is -0.495. The SMILES string of the molecule is C[C@H](O)[C@H]1CNCCN1C(=O)OC(C)(C)C. The molecule has 0 aromatic rings. The van der Waals surface area contributed by atoms with Crippen molar-refractivity contribution in [2.45, 2.75) is 45.4 Å². The Morgan fingerprint density at radius 1 is 1.56 bits per heavy atom. The Morgan fingerprint density at radius 3 is 2.69 bits per heavy atom. The van der Waals surface area contributed by atoms with Crippen LogP contribution in [-0.2, 0) is 4.74 Å². The number of nitrogens with one attached hydrogen (secondary N) is 1. The van der Waals surface area contributed by atoms with E-state index in [9.17, 15) is 9.90 Å². The van der Waals surface area contributed by atoms with Crippen LogP contribution in [0.4, 0.5) is 4.79 Å². The highest BCUT2D eigenvalue weighted by molar-refractivity contribution is 5.68. The van der Waals surface area contributed by atoms with Gasteiger partial charge in [-0.05, 0) is 27.7 Å². The lowest BCUT2D eigenvalue weighted by Crippen LogP contribution is -2.58. The molecule has 0 aliphatic carbocycles. The second-order valence-corrected chi connectivity index (χ2v) is 5.19. The molecule has 2 N–H and O–H groups in total. The van der Waals surface area contributed by atoms with Crippen molar-refractivity contribution in [2.75, 3.05) is 19.6 Å². The van der Waals surface area contributed by atoms with Crippen molar-refractivity contribution < 1.29 is 14.6 Å². The zero-order valence-corrected chi connectivity index (χ0v) is 10.5. The number of carbonyl (C=O) groups is 1. The van der Waals surface area contributed by atoms with Crippen LogP contribution in [0, 0.1) is 0 Å². The van der Waals surface area contributed by atoms with Crippen LogP contribution in [0.3, 0.4) is 0 Å². The zero-order valence-electron chi connectivity index (χ0n) is 10.5. The molecule has 1 saturated heterocycles. The fourth-order valence-corrected chi connectivity index (χ4v) is 1.70. The maximum absolute atomic E-state index is 11.9. The first-order valence-electron chi connectivity index (χ1n) is 5.69. The molecule has 94 valence electrons. The number of aliphatic hydroxyl groups excluding tert-OH is 1. The van der Waals surface area contributed by atoms with Gasteiger partial charge in [-0.2, -0.15) is 0 Å². The van der Waals surface area contributed by atoms with E-state index in [1.165, 1.54) is 0 Å². The summed E-state index contributed by atoms with van der Waals surface area (Å²) in [5.74, 6) is 0. The van der Waals surface area contributed by atoms with E-state index in [4.69, 9.17) is 4.74 Å². The number of rotatable bonds is 1. The Labute approximate surface area is 96.8 Å². The number of ether oxygens (including phenoxy) is 1. The molecule has 16 heavy (non-hydrogen) atoms. The average molecular weight is 230 g/mol. The van der Waals surface area contributed by atoms with Crippen LogP contribution in [0.25, 0.3) is 0 Å². The summed E-state index contributed by atoms with van der Waals surface area (Å²) in [6.45, 7) is 9.12. The van der Waals surface area contributed by atoms with Gasteiger partial charge in [0.25, 0.3) is 0 Å². The quantitative estimate of drug-likeness (QED) is 0.691. The second kappa shape index (κ2) is 5.01. The molecule has 1 amide bonds. The van der Waals surface area contributed by atoms with Gasteiger partial charge in [0.05, 0.1) is 12.1 Å². The van der Waals surface area contributed by atoms with Gasteiger partial charge in [0.2, 0.25) is 0 Å². The number of hydrogen-bond donors (Lipinski definition) is 2. The number of hydrogen-bond acceptors (Lipinski definition) is 4. The molecule has 2 atom stereocenters. The van der Waals surface area contributed by atoms with Crippen LogP contribution in [-0.4, -0.2) is 53.5 Å². The molecule has 0 aromatic heterocycles. The van der Waals surface area contributed by atoms with E-state index in [-0.39, 0.29) is 12.1 Å². The second-order valence-electron chi connectivity index (χ2n) is 5.19. The summed E-state index contributed by atoms with van der Waals surface area (Å²) in [6, 6.07) is -0.205. The molecule has 1 heterocycles. The molecule has 1 rings (SSSR count). The predicted octanol–water partition coefficient (Wildman–Crippen LogP) is 0.576. The summed E-state index contributed by atoms with van der Waals surface area (Å²) in [5, 5.41) is 12.8. The summed E-state index contributed by atoms with van der Waals surface area (Å²) in [6.07, 6.45) is -0.903. The first kappa shape index (κ1) is 13.3. The monoisotopic (exact) mass is 230 g/mol. The highest BCUT2D eigenvalue weighted by atomic mass is 16.6. The smallest absolute Gasteiger partial charge is 0.410 e. The van der Waals surface area contributed by atoms with E-state index in [0.717, 1.165) is 6.54 Å². The van der Waals surface area contributed by atoms with Gasteiger partial charge in [0.15, 0.2) is 0 Å². The summed E-state index contributed by atoms with van der Waals surface area (Å²) in [7, 11) is 0. The van der Waals surface area contributed by atoms with Gasteiger partial charge in [-0.15, -0.1) is 0 Å². The number of aliphatic hydroxyl groups is 1. The van der Waals surface area contributed by atoms with Gasteiger partial charge < -0.3 is 20.1 Å². The van der Waals surface area contributed by atoms with Crippen LogP contribution in [0.1, 0.15) is 27.7 Å². The van der Waals surface area contributed by atoms with Gasteiger partial charge >= 0.3 is 6.09 Å². The first-order valence-corrected chi connectivity index (χ1v) is 5.69. The third-order valence-corrected chi connectivity index (χ3v) is 2.47. The lowest BCUT2D eigenvalue weighted by Gasteiger charge is -2.38. The van der Waals surface area contributed by atoms with E-state index in [1.54, 1.807) is 11.8 Å². The summed E-state index contributed by atoms with van der Waals surface area (Å²) in [4.78, 5) is 13.5. The Morgan fingerprint density at radius 2 is 2.19 bits per heavy atom.